The Hall–Kier alpha value is -0.560. The number of aliphatic hydroxyl groups is 1. The van der Waals surface area contributed by atoms with Gasteiger partial charge >= 0.3 is 0 Å². The molecule has 3 saturated carbocycles. The molecule has 0 heterocycles. The van der Waals surface area contributed by atoms with Crippen LogP contribution in [0.25, 0.3) is 0 Å². The van der Waals surface area contributed by atoms with Crippen LogP contribution in [0.2, 0.25) is 0 Å². The van der Waals surface area contributed by atoms with Crippen molar-refractivity contribution in [2.24, 2.45) is 40.4 Å². The van der Waals surface area contributed by atoms with Crippen LogP contribution in [0.15, 0.2) is 22.8 Å². The topological polar surface area (TPSA) is 20.2 Å². The Kier molecular flexibility index (Phi) is 6.35. The molecule has 0 radical (unpaired) electrons. The number of rotatable bonds is 5. The minimum Gasteiger partial charge on any atom is -0.393 e. The van der Waals surface area contributed by atoms with E-state index < -0.39 is 0 Å². The van der Waals surface area contributed by atoms with E-state index in [-0.39, 0.29) is 6.10 Å². The van der Waals surface area contributed by atoms with E-state index in [4.69, 9.17) is 0 Å². The number of fused-ring (bicyclic) bond motifs is 5. The summed E-state index contributed by atoms with van der Waals surface area (Å²) in [7, 11) is 0. The van der Waals surface area contributed by atoms with E-state index in [0.717, 1.165) is 42.4 Å². The van der Waals surface area contributed by atoms with Crippen molar-refractivity contribution < 1.29 is 5.11 Å². The van der Waals surface area contributed by atoms with Gasteiger partial charge in [-0.25, -0.2) is 0 Å². The lowest BCUT2D eigenvalue weighted by Crippen LogP contribution is -2.50. The second-order valence-corrected chi connectivity index (χ2v) is 12.4. The van der Waals surface area contributed by atoms with E-state index in [1.807, 2.05) is 0 Å². The van der Waals surface area contributed by atoms with Crippen molar-refractivity contribution in [2.45, 2.75) is 118 Å². The summed E-state index contributed by atoms with van der Waals surface area (Å²) >= 11 is 0. The quantitative estimate of drug-likeness (QED) is 0.452. The van der Waals surface area contributed by atoms with Gasteiger partial charge in [0.1, 0.15) is 0 Å². The first-order chi connectivity index (χ1) is 14.2. The van der Waals surface area contributed by atoms with Crippen molar-refractivity contribution in [3.63, 3.8) is 0 Å². The van der Waals surface area contributed by atoms with Gasteiger partial charge in [0.05, 0.1) is 6.10 Å². The van der Waals surface area contributed by atoms with Crippen molar-refractivity contribution in [3.8, 4) is 0 Å². The van der Waals surface area contributed by atoms with Crippen molar-refractivity contribution >= 4 is 0 Å². The third-order valence-electron chi connectivity index (χ3n) is 10.9. The van der Waals surface area contributed by atoms with Crippen LogP contribution in [0.3, 0.4) is 0 Å². The summed E-state index contributed by atoms with van der Waals surface area (Å²) in [4.78, 5) is 0. The van der Waals surface area contributed by atoms with E-state index in [2.05, 4.69) is 47.6 Å². The normalized spacial score (nSPS) is 43.8. The minimum atomic E-state index is -0.0831. The highest BCUT2D eigenvalue weighted by atomic mass is 16.3. The molecule has 0 spiro atoms. The van der Waals surface area contributed by atoms with Crippen LogP contribution >= 0.6 is 0 Å². The van der Waals surface area contributed by atoms with Crippen LogP contribution in [0, 0.1) is 40.4 Å². The molecule has 0 aromatic rings. The Bertz CT molecular complexity index is 697. The SMILES string of the molecule is CCC(CC[C@@H](C)[C@H]1CC[C@H]2[C@@H]3CC=C4CC(O)CC[C@]4(C)[C@H]3CC[C@]12C)=C(C)C. The van der Waals surface area contributed by atoms with Crippen molar-refractivity contribution in [1.82, 2.24) is 0 Å². The zero-order valence-corrected chi connectivity index (χ0v) is 20.8. The molecule has 0 saturated heterocycles. The maximum absolute atomic E-state index is 10.2. The van der Waals surface area contributed by atoms with Gasteiger partial charge in [0.25, 0.3) is 0 Å². The van der Waals surface area contributed by atoms with Gasteiger partial charge in [-0.05, 0) is 125 Å². The van der Waals surface area contributed by atoms with Crippen LogP contribution in [0.5, 0.6) is 0 Å². The Balaban J connectivity index is 1.49. The van der Waals surface area contributed by atoms with Crippen LogP contribution in [-0.2, 0) is 0 Å². The molecule has 4 rings (SSSR count). The second kappa shape index (κ2) is 8.42. The Morgan fingerprint density at radius 2 is 1.87 bits per heavy atom. The van der Waals surface area contributed by atoms with Crippen molar-refractivity contribution in [3.05, 3.63) is 22.8 Å². The molecule has 1 unspecified atom stereocenters. The zero-order valence-electron chi connectivity index (χ0n) is 20.8. The predicted octanol–water partition coefficient (Wildman–Crippen LogP) is 8.09. The molecule has 0 amide bonds. The van der Waals surface area contributed by atoms with E-state index in [1.54, 1.807) is 16.7 Å². The molecule has 30 heavy (non-hydrogen) atoms. The van der Waals surface area contributed by atoms with E-state index in [9.17, 15) is 5.11 Å². The third-order valence-corrected chi connectivity index (χ3v) is 10.9. The lowest BCUT2D eigenvalue weighted by atomic mass is 9.47. The maximum atomic E-state index is 10.2. The fraction of sp³-hybridized carbons (Fsp3) is 0.862. The first-order valence-electron chi connectivity index (χ1n) is 13.2. The first-order valence-corrected chi connectivity index (χ1v) is 13.2. The van der Waals surface area contributed by atoms with Gasteiger partial charge in [0, 0.05) is 0 Å². The standard InChI is InChI=1S/C29H48O/c1-7-21(19(2)3)9-8-20(4)25-12-13-26-24-11-10-22-18-23(30)14-16-28(22,5)27(24)15-17-29(25,26)6/h10,20,23-27,30H,7-9,11-18H2,1-6H3/t20-,23?,24+,25-,26+,27+,28+,29-/m1/s1. The monoisotopic (exact) mass is 412 g/mol. The molecule has 3 fully saturated rings. The highest BCUT2D eigenvalue weighted by Gasteiger charge is 2.59. The fourth-order valence-electron chi connectivity index (χ4n) is 9.00. The van der Waals surface area contributed by atoms with Crippen molar-refractivity contribution in [2.75, 3.05) is 0 Å². The number of aliphatic hydroxyl groups excluding tert-OH is 1. The van der Waals surface area contributed by atoms with Gasteiger partial charge in [-0.3, -0.25) is 0 Å². The van der Waals surface area contributed by atoms with Gasteiger partial charge in [-0.15, -0.1) is 0 Å². The Morgan fingerprint density at radius 3 is 2.57 bits per heavy atom. The Labute approximate surface area is 186 Å². The maximum Gasteiger partial charge on any atom is 0.0577 e. The van der Waals surface area contributed by atoms with Crippen LogP contribution in [0.1, 0.15) is 112 Å². The molecule has 0 bridgehead atoms. The van der Waals surface area contributed by atoms with Crippen LogP contribution in [0.4, 0.5) is 0 Å². The highest BCUT2D eigenvalue weighted by molar-refractivity contribution is 5.25. The lowest BCUT2D eigenvalue weighted by Gasteiger charge is -2.58. The van der Waals surface area contributed by atoms with E-state index >= 15 is 0 Å². The summed E-state index contributed by atoms with van der Waals surface area (Å²) in [5.74, 6) is 4.47. The molecular weight excluding hydrogens is 364 g/mol. The average molecular weight is 413 g/mol. The third kappa shape index (κ3) is 3.66. The van der Waals surface area contributed by atoms with Crippen LogP contribution in [-0.4, -0.2) is 11.2 Å². The number of allylic oxidation sites excluding steroid dienone is 3. The molecule has 0 aromatic carbocycles. The fourth-order valence-corrected chi connectivity index (χ4v) is 9.00. The first kappa shape index (κ1) is 22.6. The summed E-state index contributed by atoms with van der Waals surface area (Å²) in [5.41, 5.74) is 5.81. The molecule has 4 aliphatic carbocycles. The number of hydrogen-bond acceptors (Lipinski definition) is 1. The molecule has 4 aliphatic rings. The van der Waals surface area contributed by atoms with Gasteiger partial charge in [0.2, 0.25) is 0 Å². The highest BCUT2D eigenvalue weighted by Crippen LogP contribution is 2.67. The molecule has 1 nitrogen and oxygen atoms in total. The zero-order chi connectivity index (χ0) is 21.7. The summed E-state index contributed by atoms with van der Waals surface area (Å²) in [5, 5.41) is 10.2. The van der Waals surface area contributed by atoms with Gasteiger partial charge in [-0.2, -0.15) is 0 Å². The number of hydrogen-bond donors (Lipinski definition) is 1. The van der Waals surface area contributed by atoms with Gasteiger partial charge in [-0.1, -0.05) is 50.5 Å². The summed E-state index contributed by atoms with van der Waals surface area (Å²) < 4.78 is 0. The van der Waals surface area contributed by atoms with Gasteiger partial charge < -0.3 is 5.11 Å². The Morgan fingerprint density at radius 1 is 1.10 bits per heavy atom. The molecule has 0 aliphatic heterocycles. The summed E-state index contributed by atoms with van der Waals surface area (Å²) in [6.07, 6.45) is 16.7. The lowest BCUT2D eigenvalue weighted by molar-refractivity contribution is -0.0571. The molecule has 170 valence electrons. The minimum absolute atomic E-state index is 0.0831. The average Bonchev–Trinajstić information content (AvgIpc) is 3.06. The summed E-state index contributed by atoms with van der Waals surface area (Å²) in [6, 6.07) is 0. The predicted molar refractivity (Wildman–Crippen MR) is 128 cm³/mol. The molecule has 1 heteroatoms. The van der Waals surface area contributed by atoms with E-state index in [0.29, 0.717) is 10.8 Å². The second-order valence-electron chi connectivity index (χ2n) is 12.4. The van der Waals surface area contributed by atoms with E-state index in [1.165, 1.54) is 57.8 Å². The summed E-state index contributed by atoms with van der Waals surface area (Å²) in [6.45, 7) is 14.8. The molecule has 0 aromatic heterocycles. The smallest absolute Gasteiger partial charge is 0.0577 e. The van der Waals surface area contributed by atoms with Crippen molar-refractivity contribution in [1.29, 1.82) is 0 Å². The van der Waals surface area contributed by atoms with Crippen LogP contribution < -0.4 is 0 Å². The molecular formula is C29H48O. The molecule has 1 N–H and O–H groups in total. The largest absolute Gasteiger partial charge is 0.393 e. The van der Waals surface area contributed by atoms with Gasteiger partial charge in [0.15, 0.2) is 0 Å². The molecule has 8 atom stereocenters.